The Kier molecular flexibility index (Phi) is 7.80. The number of carbonyl (C=O) groups is 2. The molecule has 7 nitrogen and oxygen atoms in total. The summed E-state index contributed by atoms with van der Waals surface area (Å²) in [5, 5.41) is 3.60. The number of anilines is 1. The molecule has 4 rings (SSSR count). The zero-order valence-corrected chi connectivity index (χ0v) is 20.3. The van der Waals surface area contributed by atoms with Gasteiger partial charge in [-0.3, -0.25) is 14.2 Å². The van der Waals surface area contributed by atoms with Gasteiger partial charge in [-0.2, -0.15) is 0 Å². The van der Waals surface area contributed by atoms with E-state index in [0.29, 0.717) is 35.4 Å². The minimum Gasteiger partial charge on any atom is -0.497 e. The van der Waals surface area contributed by atoms with Gasteiger partial charge in [-0.25, -0.2) is 4.79 Å². The summed E-state index contributed by atoms with van der Waals surface area (Å²) in [6.07, 6.45) is 1.25. The second kappa shape index (κ2) is 11.4. The van der Waals surface area contributed by atoms with E-state index in [0.717, 1.165) is 10.9 Å². The van der Waals surface area contributed by atoms with Gasteiger partial charge in [0.1, 0.15) is 12.3 Å². The lowest BCUT2D eigenvalue weighted by molar-refractivity contribution is -0.116. The molecule has 0 unspecified atom stereocenters. The van der Waals surface area contributed by atoms with Crippen LogP contribution in [0.15, 0.2) is 83.7 Å². The van der Waals surface area contributed by atoms with Crippen LogP contribution in [0.1, 0.15) is 28.4 Å². The van der Waals surface area contributed by atoms with Crippen molar-refractivity contribution < 1.29 is 19.1 Å². The van der Waals surface area contributed by atoms with Crippen molar-refractivity contribution in [3.05, 3.63) is 106 Å². The zero-order valence-electron chi connectivity index (χ0n) is 20.3. The highest BCUT2D eigenvalue weighted by Crippen LogP contribution is 2.22. The van der Waals surface area contributed by atoms with Crippen LogP contribution in [0.4, 0.5) is 5.69 Å². The minimum absolute atomic E-state index is 0.222. The number of rotatable bonds is 9. The summed E-state index contributed by atoms with van der Waals surface area (Å²) in [5.41, 5.74) is 2.69. The van der Waals surface area contributed by atoms with E-state index >= 15 is 0 Å². The Bertz CT molecular complexity index is 1440. The molecule has 0 spiro atoms. The van der Waals surface area contributed by atoms with E-state index in [-0.39, 0.29) is 24.3 Å². The number of carbonyl (C=O) groups excluding carboxylic acids is 2. The van der Waals surface area contributed by atoms with Crippen LogP contribution in [0.3, 0.4) is 0 Å². The maximum atomic E-state index is 13.5. The molecule has 0 aliphatic heterocycles. The van der Waals surface area contributed by atoms with Gasteiger partial charge in [0.15, 0.2) is 0 Å². The molecule has 1 heterocycles. The first-order chi connectivity index (χ1) is 17.5. The standard InChI is InChI=1S/C29H28N2O5/c1-3-36-29(34)24-11-7-8-12-25(24)30-27(32)19-31-26-18-23(35-2)16-15-21(26)17-22(28(31)33)14-13-20-9-5-4-6-10-20/h4-12,15-18H,3,13-14,19H2,1-2H3,(H,30,32). The number of hydrogen-bond donors (Lipinski definition) is 1. The van der Waals surface area contributed by atoms with E-state index < -0.39 is 11.9 Å². The van der Waals surface area contributed by atoms with Crippen molar-refractivity contribution in [2.45, 2.75) is 26.3 Å². The topological polar surface area (TPSA) is 86.6 Å². The monoisotopic (exact) mass is 484 g/mol. The molecule has 4 aromatic rings. The molecule has 184 valence electrons. The van der Waals surface area contributed by atoms with Gasteiger partial charge in [-0.15, -0.1) is 0 Å². The average molecular weight is 485 g/mol. The van der Waals surface area contributed by atoms with Gasteiger partial charge in [-0.1, -0.05) is 42.5 Å². The van der Waals surface area contributed by atoms with Crippen molar-refractivity contribution in [2.75, 3.05) is 19.0 Å². The van der Waals surface area contributed by atoms with Crippen molar-refractivity contribution in [3.8, 4) is 5.75 Å². The van der Waals surface area contributed by atoms with Gasteiger partial charge < -0.3 is 14.8 Å². The van der Waals surface area contributed by atoms with E-state index in [1.165, 1.54) is 4.57 Å². The quantitative estimate of drug-likeness (QED) is 0.351. The molecule has 0 aliphatic carbocycles. The van der Waals surface area contributed by atoms with Gasteiger partial charge >= 0.3 is 5.97 Å². The molecule has 0 atom stereocenters. The average Bonchev–Trinajstić information content (AvgIpc) is 2.90. The third kappa shape index (κ3) is 5.63. The number of ether oxygens (including phenoxy) is 2. The van der Waals surface area contributed by atoms with Crippen molar-refractivity contribution in [1.82, 2.24) is 4.57 Å². The summed E-state index contributed by atoms with van der Waals surface area (Å²) in [5.74, 6) is -0.373. The molecule has 0 bridgehead atoms. The van der Waals surface area contributed by atoms with Gasteiger partial charge in [0.2, 0.25) is 5.91 Å². The Labute approximate surface area is 209 Å². The molecule has 7 heteroatoms. The first-order valence-corrected chi connectivity index (χ1v) is 11.8. The van der Waals surface area contributed by atoms with Gasteiger partial charge in [0.25, 0.3) is 5.56 Å². The van der Waals surface area contributed by atoms with Crippen LogP contribution in [0.5, 0.6) is 5.75 Å². The maximum Gasteiger partial charge on any atom is 0.340 e. The minimum atomic E-state index is -0.524. The lowest BCUT2D eigenvalue weighted by atomic mass is 10.0. The molecule has 3 aromatic carbocycles. The van der Waals surface area contributed by atoms with Crippen molar-refractivity contribution in [3.63, 3.8) is 0 Å². The van der Waals surface area contributed by atoms with Gasteiger partial charge in [-0.05, 0) is 61.0 Å². The summed E-state index contributed by atoms with van der Waals surface area (Å²) in [6, 6.07) is 23.9. The normalized spacial score (nSPS) is 10.7. The van der Waals surface area contributed by atoms with Crippen molar-refractivity contribution >= 4 is 28.5 Å². The number of esters is 1. The third-order valence-corrected chi connectivity index (χ3v) is 5.90. The number of fused-ring (bicyclic) bond motifs is 1. The summed E-state index contributed by atoms with van der Waals surface area (Å²) in [6.45, 7) is 1.72. The SMILES string of the molecule is CCOC(=O)c1ccccc1NC(=O)Cn1c(=O)c(CCc2ccccc2)cc2ccc(OC)cc21. The highest BCUT2D eigenvalue weighted by molar-refractivity contribution is 6.01. The molecule has 36 heavy (non-hydrogen) atoms. The first kappa shape index (κ1) is 24.7. The van der Waals surface area contributed by atoms with Crippen molar-refractivity contribution in [1.29, 1.82) is 0 Å². The fourth-order valence-corrected chi connectivity index (χ4v) is 4.11. The zero-order chi connectivity index (χ0) is 25.5. The predicted octanol–water partition coefficient (Wildman–Crippen LogP) is 4.61. The molecule has 0 radical (unpaired) electrons. The largest absolute Gasteiger partial charge is 0.497 e. The Morgan fingerprint density at radius 1 is 0.917 bits per heavy atom. The number of nitrogens with one attached hydrogen (secondary N) is 1. The molecule has 1 aromatic heterocycles. The molecule has 0 saturated heterocycles. The number of benzene rings is 3. The van der Waals surface area contributed by atoms with E-state index in [4.69, 9.17) is 9.47 Å². The predicted molar refractivity (Wildman–Crippen MR) is 140 cm³/mol. The molecule has 0 aliphatic rings. The van der Waals surface area contributed by atoms with E-state index in [2.05, 4.69) is 5.32 Å². The Balaban J connectivity index is 1.66. The number of aromatic nitrogens is 1. The number of aryl methyl sites for hydroxylation is 2. The van der Waals surface area contributed by atoms with Gasteiger partial charge in [0.05, 0.1) is 30.5 Å². The fourth-order valence-electron chi connectivity index (χ4n) is 4.11. The lowest BCUT2D eigenvalue weighted by Gasteiger charge is -2.15. The number of hydrogen-bond acceptors (Lipinski definition) is 5. The maximum absolute atomic E-state index is 13.5. The van der Waals surface area contributed by atoms with E-state index in [1.54, 1.807) is 44.4 Å². The van der Waals surface area contributed by atoms with Crippen LogP contribution < -0.4 is 15.6 Å². The highest BCUT2D eigenvalue weighted by atomic mass is 16.5. The lowest BCUT2D eigenvalue weighted by Crippen LogP contribution is -2.30. The first-order valence-electron chi connectivity index (χ1n) is 11.8. The smallest absolute Gasteiger partial charge is 0.340 e. The number of amides is 1. The summed E-state index contributed by atoms with van der Waals surface area (Å²) in [4.78, 5) is 38.9. The molecule has 0 fully saturated rings. The summed E-state index contributed by atoms with van der Waals surface area (Å²) < 4.78 is 11.9. The number of para-hydroxylation sites is 1. The van der Waals surface area contributed by atoms with E-state index in [1.807, 2.05) is 48.5 Å². The second-order valence-corrected chi connectivity index (χ2v) is 8.29. The molecule has 0 saturated carbocycles. The highest BCUT2D eigenvalue weighted by Gasteiger charge is 2.17. The van der Waals surface area contributed by atoms with E-state index in [9.17, 15) is 14.4 Å². The fraction of sp³-hybridized carbons (Fsp3) is 0.207. The van der Waals surface area contributed by atoms with Crippen LogP contribution in [-0.4, -0.2) is 30.2 Å². The second-order valence-electron chi connectivity index (χ2n) is 8.29. The van der Waals surface area contributed by atoms with Crippen LogP contribution in [0.2, 0.25) is 0 Å². The number of nitrogens with zero attached hydrogens (tertiary/aromatic N) is 1. The third-order valence-electron chi connectivity index (χ3n) is 5.90. The Morgan fingerprint density at radius 2 is 1.67 bits per heavy atom. The van der Waals surface area contributed by atoms with Gasteiger partial charge in [0, 0.05) is 11.6 Å². The van der Waals surface area contributed by atoms with Crippen LogP contribution >= 0.6 is 0 Å². The van der Waals surface area contributed by atoms with Crippen LogP contribution in [-0.2, 0) is 28.9 Å². The number of pyridine rings is 1. The molecule has 1 amide bonds. The molecule has 1 N–H and O–H groups in total. The molecular weight excluding hydrogens is 456 g/mol. The summed E-state index contributed by atoms with van der Waals surface area (Å²) >= 11 is 0. The summed E-state index contributed by atoms with van der Waals surface area (Å²) in [7, 11) is 1.55. The number of methoxy groups -OCH3 is 1. The van der Waals surface area contributed by atoms with Crippen LogP contribution in [0.25, 0.3) is 10.9 Å². The van der Waals surface area contributed by atoms with Crippen LogP contribution in [0, 0.1) is 0 Å². The van der Waals surface area contributed by atoms with Crippen molar-refractivity contribution in [2.24, 2.45) is 0 Å². The Hall–Kier alpha value is -4.39. The molecular formula is C29H28N2O5. The Morgan fingerprint density at radius 3 is 2.42 bits per heavy atom.